The lowest BCUT2D eigenvalue weighted by atomic mass is 10.1. The van der Waals surface area contributed by atoms with Crippen molar-refractivity contribution in [2.75, 3.05) is 11.9 Å². The minimum atomic E-state index is -0.000631. The normalized spacial score (nSPS) is 15.6. The van der Waals surface area contributed by atoms with Crippen molar-refractivity contribution >= 4 is 17.4 Å². The first-order valence-electron chi connectivity index (χ1n) is 11.3. The molecule has 0 saturated heterocycles. The van der Waals surface area contributed by atoms with Gasteiger partial charge in [0.05, 0.1) is 17.6 Å². The molecule has 2 N–H and O–H groups in total. The fourth-order valence-electron chi connectivity index (χ4n) is 3.92. The van der Waals surface area contributed by atoms with Crippen LogP contribution in [-0.2, 0) is 0 Å². The highest BCUT2D eigenvalue weighted by Gasteiger charge is 2.24. The molecule has 2 aliphatic carbocycles. The van der Waals surface area contributed by atoms with E-state index < -0.39 is 0 Å². The Balaban J connectivity index is 1.38. The summed E-state index contributed by atoms with van der Waals surface area (Å²) < 4.78 is 2.10. The van der Waals surface area contributed by atoms with Gasteiger partial charge in [-0.15, -0.1) is 0 Å². The van der Waals surface area contributed by atoms with Crippen molar-refractivity contribution in [3.63, 3.8) is 0 Å². The molecule has 4 aromatic rings. The highest BCUT2D eigenvalue weighted by Crippen LogP contribution is 2.31. The van der Waals surface area contributed by atoms with Gasteiger partial charge in [0.2, 0.25) is 0 Å². The van der Waals surface area contributed by atoms with Crippen LogP contribution < -0.4 is 10.6 Å². The van der Waals surface area contributed by atoms with Gasteiger partial charge in [0.15, 0.2) is 11.5 Å². The average Bonchev–Trinajstić information content (AvgIpc) is 3.77. The highest BCUT2D eigenvalue weighted by molar-refractivity contribution is 5.95. The van der Waals surface area contributed by atoms with Crippen molar-refractivity contribution in [1.29, 1.82) is 0 Å². The number of benzene rings is 2. The van der Waals surface area contributed by atoms with Crippen molar-refractivity contribution < 1.29 is 4.79 Å². The second-order valence-corrected chi connectivity index (χ2v) is 8.83. The van der Waals surface area contributed by atoms with E-state index in [1.807, 2.05) is 54.9 Å². The van der Waals surface area contributed by atoms with E-state index in [2.05, 4.69) is 27.2 Å². The summed E-state index contributed by atoms with van der Waals surface area (Å²) in [6.07, 6.45) is 8.65. The maximum atomic E-state index is 12.3. The van der Waals surface area contributed by atoms with E-state index >= 15 is 0 Å². The number of carbonyl (C=O) groups excluding carboxylic acids is 1. The molecule has 2 aromatic carbocycles. The Morgan fingerprint density at radius 1 is 0.969 bits per heavy atom. The Morgan fingerprint density at radius 2 is 1.75 bits per heavy atom. The lowest BCUT2D eigenvalue weighted by Crippen LogP contribution is -2.25. The quantitative estimate of drug-likeness (QED) is 0.449. The van der Waals surface area contributed by atoms with Gasteiger partial charge in [-0.25, -0.2) is 9.97 Å². The van der Waals surface area contributed by atoms with Gasteiger partial charge in [-0.1, -0.05) is 42.5 Å². The molecule has 2 saturated carbocycles. The SMILES string of the molecule is O=C(NC1CC1)c1ccc(-c2cnc3c(NCC4CC4)nc(-c4ccccc4)cn23)cc1. The predicted molar refractivity (Wildman–Crippen MR) is 126 cm³/mol. The zero-order chi connectivity index (χ0) is 21.5. The molecular weight excluding hydrogens is 398 g/mol. The summed E-state index contributed by atoms with van der Waals surface area (Å²) in [6.45, 7) is 0.925. The topological polar surface area (TPSA) is 71.3 Å². The molecule has 0 radical (unpaired) electrons. The smallest absolute Gasteiger partial charge is 0.251 e. The van der Waals surface area contributed by atoms with Gasteiger partial charge in [0.25, 0.3) is 5.91 Å². The molecule has 0 atom stereocenters. The number of nitrogens with one attached hydrogen (secondary N) is 2. The van der Waals surface area contributed by atoms with Gasteiger partial charge in [0, 0.05) is 35.5 Å². The number of rotatable bonds is 7. The van der Waals surface area contributed by atoms with Crippen LogP contribution in [0.3, 0.4) is 0 Å². The number of nitrogens with zero attached hydrogens (tertiary/aromatic N) is 3. The summed E-state index contributed by atoms with van der Waals surface area (Å²) in [7, 11) is 0. The molecule has 2 heterocycles. The van der Waals surface area contributed by atoms with Crippen LogP contribution in [0.2, 0.25) is 0 Å². The third kappa shape index (κ3) is 3.84. The van der Waals surface area contributed by atoms with Crippen LogP contribution in [0.1, 0.15) is 36.0 Å². The summed E-state index contributed by atoms with van der Waals surface area (Å²) >= 11 is 0. The first-order valence-corrected chi connectivity index (χ1v) is 11.3. The number of hydrogen-bond donors (Lipinski definition) is 2. The highest BCUT2D eigenvalue weighted by atomic mass is 16.1. The van der Waals surface area contributed by atoms with Crippen molar-refractivity contribution in [2.45, 2.75) is 31.7 Å². The Kier molecular flexibility index (Phi) is 4.63. The van der Waals surface area contributed by atoms with Gasteiger partial charge < -0.3 is 10.6 Å². The molecule has 32 heavy (non-hydrogen) atoms. The monoisotopic (exact) mass is 423 g/mol. The van der Waals surface area contributed by atoms with Crippen LogP contribution in [-0.4, -0.2) is 32.9 Å². The van der Waals surface area contributed by atoms with Crippen molar-refractivity contribution in [3.8, 4) is 22.5 Å². The Hall–Kier alpha value is -3.67. The summed E-state index contributed by atoms with van der Waals surface area (Å²) in [4.78, 5) is 21.9. The van der Waals surface area contributed by atoms with E-state index in [9.17, 15) is 4.79 Å². The number of aromatic nitrogens is 3. The molecule has 2 aromatic heterocycles. The zero-order valence-corrected chi connectivity index (χ0v) is 17.8. The first kappa shape index (κ1) is 19.0. The predicted octanol–water partition coefficient (Wildman–Crippen LogP) is 4.78. The van der Waals surface area contributed by atoms with Gasteiger partial charge in [-0.2, -0.15) is 0 Å². The third-order valence-electron chi connectivity index (χ3n) is 6.17. The van der Waals surface area contributed by atoms with Crippen molar-refractivity contribution in [3.05, 3.63) is 72.6 Å². The molecule has 2 aliphatic rings. The maximum absolute atomic E-state index is 12.3. The minimum absolute atomic E-state index is 0.000631. The zero-order valence-electron chi connectivity index (χ0n) is 17.8. The molecule has 0 bridgehead atoms. The fraction of sp³-hybridized carbons (Fsp3) is 0.269. The number of imidazole rings is 1. The van der Waals surface area contributed by atoms with E-state index in [0.29, 0.717) is 11.6 Å². The Labute approximate surface area is 186 Å². The lowest BCUT2D eigenvalue weighted by Gasteiger charge is -2.11. The molecule has 6 heteroatoms. The van der Waals surface area contributed by atoms with Crippen LogP contribution in [0.15, 0.2) is 67.0 Å². The number of carbonyl (C=O) groups is 1. The Morgan fingerprint density at radius 3 is 2.47 bits per heavy atom. The summed E-state index contributed by atoms with van der Waals surface area (Å²) in [5.74, 6) is 1.55. The number of hydrogen-bond acceptors (Lipinski definition) is 4. The largest absolute Gasteiger partial charge is 0.367 e. The van der Waals surface area contributed by atoms with E-state index in [1.165, 1.54) is 12.8 Å². The standard InChI is InChI=1S/C26H25N5O/c32-26(29-21-12-13-21)20-10-8-19(9-11-20)23-15-28-25-24(27-14-17-6-7-17)30-22(16-31(23)25)18-4-2-1-3-5-18/h1-5,8-11,15-17,21H,6-7,12-14H2,(H,27,30)(H,29,32). The van der Waals surface area contributed by atoms with Crippen LogP contribution in [0.25, 0.3) is 28.2 Å². The van der Waals surface area contributed by atoms with Gasteiger partial charge in [-0.05, 0) is 43.7 Å². The second kappa shape index (κ2) is 7.79. The van der Waals surface area contributed by atoms with Gasteiger partial charge >= 0.3 is 0 Å². The van der Waals surface area contributed by atoms with E-state index in [-0.39, 0.29) is 5.91 Å². The molecule has 160 valence electrons. The third-order valence-corrected chi connectivity index (χ3v) is 6.17. The van der Waals surface area contributed by atoms with Gasteiger partial charge in [-0.3, -0.25) is 9.20 Å². The van der Waals surface area contributed by atoms with Crippen LogP contribution in [0.4, 0.5) is 5.82 Å². The summed E-state index contributed by atoms with van der Waals surface area (Å²) in [5, 5.41) is 6.57. The van der Waals surface area contributed by atoms with E-state index in [0.717, 1.165) is 59.3 Å². The molecule has 6 nitrogen and oxygen atoms in total. The summed E-state index contributed by atoms with van der Waals surface area (Å²) in [6, 6.07) is 18.3. The summed E-state index contributed by atoms with van der Waals surface area (Å²) in [5.41, 5.74) is 5.46. The lowest BCUT2D eigenvalue weighted by molar-refractivity contribution is 0.0951. The molecule has 0 spiro atoms. The minimum Gasteiger partial charge on any atom is -0.367 e. The van der Waals surface area contributed by atoms with E-state index in [4.69, 9.17) is 9.97 Å². The molecule has 2 fully saturated rings. The Bertz CT molecular complexity index is 1270. The molecule has 0 unspecified atom stereocenters. The van der Waals surface area contributed by atoms with Crippen LogP contribution in [0, 0.1) is 5.92 Å². The first-order chi connectivity index (χ1) is 15.7. The van der Waals surface area contributed by atoms with Crippen molar-refractivity contribution in [1.82, 2.24) is 19.7 Å². The van der Waals surface area contributed by atoms with Crippen LogP contribution in [0.5, 0.6) is 0 Å². The number of anilines is 1. The molecular formula is C26H25N5O. The molecule has 1 amide bonds. The molecule has 6 rings (SSSR count). The fourth-order valence-corrected chi connectivity index (χ4v) is 3.92. The van der Waals surface area contributed by atoms with E-state index in [1.54, 1.807) is 0 Å². The van der Waals surface area contributed by atoms with Crippen LogP contribution >= 0.6 is 0 Å². The number of amides is 1. The second-order valence-electron chi connectivity index (χ2n) is 8.83. The number of fused-ring (bicyclic) bond motifs is 1. The maximum Gasteiger partial charge on any atom is 0.251 e. The van der Waals surface area contributed by atoms with Crippen molar-refractivity contribution in [2.24, 2.45) is 5.92 Å². The molecule has 0 aliphatic heterocycles. The average molecular weight is 424 g/mol. The van der Waals surface area contributed by atoms with Gasteiger partial charge in [0.1, 0.15) is 0 Å².